The van der Waals surface area contributed by atoms with E-state index in [0.29, 0.717) is 22.2 Å². The van der Waals surface area contributed by atoms with Crippen LogP contribution in [0, 0.1) is 0 Å². The maximum absolute atomic E-state index is 12.3. The van der Waals surface area contributed by atoms with E-state index in [1.807, 2.05) is 18.2 Å². The molecular formula is C17H16ClNO4S. The van der Waals surface area contributed by atoms with Crippen molar-refractivity contribution in [3.63, 3.8) is 0 Å². The smallest absolute Gasteiger partial charge is 0.287 e. The summed E-state index contributed by atoms with van der Waals surface area (Å²) in [6.07, 6.45) is -0.259. The Morgan fingerprint density at radius 3 is 2.83 bits per heavy atom. The molecule has 5 nitrogen and oxygen atoms in total. The fraction of sp³-hybridized carbons (Fsp3) is 0.235. The van der Waals surface area contributed by atoms with Crippen LogP contribution in [0.4, 0.5) is 0 Å². The number of furan rings is 1. The summed E-state index contributed by atoms with van der Waals surface area (Å²) >= 11 is 7.37. The lowest BCUT2D eigenvalue weighted by atomic mass is 10.2. The van der Waals surface area contributed by atoms with Crippen LogP contribution in [-0.4, -0.2) is 26.7 Å². The van der Waals surface area contributed by atoms with Gasteiger partial charge in [-0.1, -0.05) is 23.7 Å². The number of hydrogen-bond donors (Lipinski definition) is 1. The summed E-state index contributed by atoms with van der Waals surface area (Å²) in [5, 5.41) is 3.63. The zero-order valence-corrected chi connectivity index (χ0v) is 14.7. The van der Waals surface area contributed by atoms with Gasteiger partial charge in [0.15, 0.2) is 17.1 Å². The number of halogens is 1. The molecule has 2 heterocycles. The quantitative estimate of drug-likeness (QED) is 0.708. The number of fused-ring (bicyclic) bond motifs is 1. The van der Waals surface area contributed by atoms with Crippen LogP contribution in [-0.2, 0) is 4.74 Å². The molecule has 2 aromatic heterocycles. The van der Waals surface area contributed by atoms with Gasteiger partial charge in [0, 0.05) is 23.9 Å². The number of hydrogen-bond acceptors (Lipinski definition) is 5. The lowest BCUT2D eigenvalue weighted by molar-refractivity contribution is 0.0818. The third kappa shape index (κ3) is 3.40. The topological polar surface area (TPSA) is 60.7 Å². The predicted molar refractivity (Wildman–Crippen MR) is 94.2 cm³/mol. The Bertz CT molecular complexity index is 857. The number of amides is 1. The van der Waals surface area contributed by atoms with E-state index in [9.17, 15) is 4.79 Å². The van der Waals surface area contributed by atoms with Gasteiger partial charge in [0.25, 0.3) is 5.91 Å². The first kappa shape index (κ1) is 16.8. The van der Waals surface area contributed by atoms with Crippen molar-refractivity contribution in [3.05, 3.63) is 51.4 Å². The minimum atomic E-state index is -0.307. The lowest BCUT2D eigenvalue weighted by Gasteiger charge is -2.13. The van der Waals surface area contributed by atoms with Gasteiger partial charge in [0.2, 0.25) is 0 Å². The highest BCUT2D eigenvalue weighted by atomic mass is 35.5. The van der Waals surface area contributed by atoms with Crippen molar-refractivity contribution < 1.29 is 18.7 Å². The molecule has 7 heteroatoms. The third-order valence-corrected chi connectivity index (χ3v) is 4.92. The van der Waals surface area contributed by atoms with E-state index < -0.39 is 0 Å². The second-order valence-corrected chi connectivity index (χ2v) is 6.81. The highest BCUT2D eigenvalue weighted by Gasteiger charge is 2.18. The summed E-state index contributed by atoms with van der Waals surface area (Å²) in [5.74, 6) is 0.515. The lowest BCUT2D eigenvalue weighted by Crippen LogP contribution is -2.28. The highest BCUT2D eigenvalue weighted by molar-refractivity contribution is 7.16. The number of rotatable bonds is 6. The molecule has 126 valence electrons. The van der Waals surface area contributed by atoms with E-state index in [4.69, 9.17) is 25.5 Å². The standard InChI is InChI=1S/C17H16ClNO4S/c1-21-11-5-3-4-10-8-12(23-16(10)11)17(20)19-9-13(22-2)14-6-7-15(18)24-14/h3-8,13H,9H2,1-2H3,(H,19,20). The molecule has 0 aliphatic rings. The minimum Gasteiger partial charge on any atom is -0.493 e. The Balaban J connectivity index is 1.72. The van der Waals surface area contributed by atoms with E-state index in [0.717, 1.165) is 10.3 Å². The van der Waals surface area contributed by atoms with Gasteiger partial charge in [-0.25, -0.2) is 0 Å². The van der Waals surface area contributed by atoms with Gasteiger partial charge in [0.1, 0.15) is 6.10 Å². The number of ether oxygens (including phenoxy) is 2. The number of nitrogens with one attached hydrogen (secondary N) is 1. The molecule has 0 radical (unpaired) electrons. The second-order valence-electron chi connectivity index (χ2n) is 5.07. The van der Waals surface area contributed by atoms with E-state index in [-0.39, 0.29) is 17.8 Å². The highest BCUT2D eigenvalue weighted by Crippen LogP contribution is 2.30. The zero-order chi connectivity index (χ0) is 17.1. The second kappa shape index (κ2) is 7.25. The van der Waals surface area contributed by atoms with Crippen LogP contribution in [0.1, 0.15) is 21.5 Å². The van der Waals surface area contributed by atoms with Gasteiger partial charge in [-0.3, -0.25) is 4.79 Å². The molecule has 3 rings (SSSR count). The molecule has 0 aliphatic heterocycles. The predicted octanol–water partition coefficient (Wildman–Crippen LogP) is 4.27. The van der Waals surface area contributed by atoms with Crippen LogP contribution in [0.15, 0.2) is 40.8 Å². The van der Waals surface area contributed by atoms with E-state index in [1.54, 1.807) is 32.4 Å². The van der Waals surface area contributed by atoms with Crippen LogP contribution in [0.3, 0.4) is 0 Å². The molecule has 1 amide bonds. The monoisotopic (exact) mass is 365 g/mol. The van der Waals surface area contributed by atoms with Gasteiger partial charge >= 0.3 is 0 Å². The minimum absolute atomic E-state index is 0.230. The maximum Gasteiger partial charge on any atom is 0.287 e. The van der Waals surface area contributed by atoms with Crippen LogP contribution in [0.2, 0.25) is 4.34 Å². The number of benzene rings is 1. The number of thiophene rings is 1. The number of carbonyl (C=O) groups excluding carboxylic acids is 1. The molecule has 0 saturated heterocycles. The Labute approximate surface area is 148 Å². The van der Waals surface area contributed by atoms with Crippen molar-refractivity contribution in [2.75, 3.05) is 20.8 Å². The molecule has 1 unspecified atom stereocenters. The van der Waals surface area contributed by atoms with Gasteiger partial charge in [-0.05, 0) is 24.3 Å². The number of methoxy groups -OCH3 is 2. The van der Waals surface area contributed by atoms with E-state index in [2.05, 4.69) is 5.32 Å². The van der Waals surface area contributed by atoms with Gasteiger partial charge in [-0.2, -0.15) is 0 Å². The molecular weight excluding hydrogens is 350 g/mol. The van der Waals surface area contributed by atoms with Crippen LogP contribution < -0.4 is 10.1 Å². The number of carbonyl (C=O) groups is 1. The van der Waals surface area contributed by atoms with Crippen LogP contribution in [0.25, 0.3) is 11.0 Å². The average Bonchev–Trinajstić information content (AvgIpc) is 3.21. The van der Waals surface area contributed by atoms with Crippen molar-refractivity contribution in [1.82, 2.24) is 5.32 Å². The Kier molecular flexibility index (Phi) is 5.08. The van der Waals surface area contributed by atoms with Crippen molar-refractivity contribution in [1.29, 1.82) is 0 Å². The summed E-state index contributed by atoms with van der Waals surface area (Å²) in [6, 6.07) is 10.9. The van der Waals surface area contributed by atoms with Crippen molar-refractivity contribution in [2.24, 2.45) is 0 Å². The zero-order valence-electron chi connectivity index (χ0n) is 13.2. The van der Waals surface area contributed by atoms with Crippen molar-refractivity contribution in [3.8, 4) is 5.75 Å². The number of para-hydroxylation sites is 1. The summed E-state index contributed by atoms with van der Waals surface area (Å²) in [7, 11) is 3.16. The summed E-state index contributed by atoms with van der Waals surface area (Å²) < 4.78 is 17.0. The fourth-order valence-corrected chi connectivity index (χ4v) is 3.52. The SMILES string of the molecule is COc1cccc2cc(C(=O)NCC(OC)c3ccc(Cl)s3)oc12. The van der Waals surface area contributed by atoms with E-state index in [1.165, 1.54) is 11.3 Å². The Morgan fingerprint density at radius 2 is 2.17 bits per heavy atom. The Hall–Kier alpha value is -2.02. The van der Waals surface area contributed by atoms with Gasteiger partial charge in [0.05, 0.1) is 11.4 Å². The largest absolute Gasteiger partial charge is 0.493 e. The average molecular weight is 366 g/mol. The van der Waals surface area contributed by atoms with E-state index >= 15 is 0 Å². The van der Waals surface area contributed by atoms with Crippen molar-refractivity contribution >= 4 is 39.8 Å². The first-order valence-electron chi connectivity index (χ1n) is 7.25. The first-order valence-corrected chi connectivity index (χ1v) is 8.44. The molecule has 3 aromatic rings. The molecule has 24 heavy (non-hydrogen) atoms. The Morgan fingerprint density at radius 1 is 1.33 bits per heavy atom. The molecule has 1 atom stereocenters. The van der Waals surface area contributed by atoms with Gasteiger partial charge < -0.3 is 19.2 Å². The molecule has 1 aromatic carbocycles. The summed E-state index contributed by atoms with van der Waals surface area (Å²) in [6.45, 7) is 0.320. The maximum atomic E-state index is 12.3. The molecule has 0 bridgehead atoms. The first-order chi connectivity index (χ1) is 11.6. The molecule has 0 fully saturated rings. The van der Waals surface area contributed by atoms with Crippen LogP contribution >= 0.6 is 22.9 Å². The molecule has 0 aliphatic carbocycles. The van der Waals surface area contributed by atoms with Gasteiger partial charge in [-0.15, -0.1) is 11.3 Å². The summed E-state index contributed by atoms with van der Waals surface area (Å²) in [4.78, 5) is 13.3. The molecule has 0 spiro atoms. The normalized spacial score (nSPS) is 12.3. The van der Waals surface area contributed by atoms with Crippen LogP contribution in [0.5, 0.6) is 5.75 Å². The third-order valence-electron chi connectivity index (χ3n) is 3.60. The molecule has 1 N–H and O–H groups in total. The van der Waals surface area contributed by atoms with Crippen molar-refractivity contribution in [2.45, 2.75) is 6.10 Å². The fourth-order valence-electron chi connectivity index (χ4n) is 2.38. The molecule has 0 saturated carbocycles. The summed E-state index contributed by atoms with van der Waals surface area (Å²) in [5.41, 5.74) is 0.554.